The molecular weight excluding hydrogens is 618 g/mol. The summed E-state index contributed by atoms with van der Waals surface area (Å²) in [6.07, 6.45) is -1.49. The Kier molecular flexibility index (Phi) is 9.04. The molecule has 0 spiro atoms. The Balaban J connectivity index is 1.14. The minimum absolute atomic E-state index is 0.207. The quantitative estimate of drug-likeness (QED) is 0.0867. The number of nitro groups is 1. The topological polar surface area (TPSA) is 206 Å². The van der Waals surface area contributed by atoms with Gasteiger partial charge in [0.1, 0.15) is 12.1 Å². The number of carbonyl (C=O) groups is 4. The van der Waals surface area contributed by atoms with Gasteiger partial charge in [-0.05, 0) is 57.9 Å². The fourth-order valence-corrected chi connectivity index (χ4v) is 6.29. The van der Waals surface area contributed by atoms with Crippen molar-refractivity contribution in [2.75, 3.05) is 0 Å². The predicted molar refractivity (Wildman–Crippen MR) is 173 cm³/mol. The molecule has 1 fully saturated rings. The Hall–Kier alpha value is -5.82. The number of phenols is 1. The van der Waals surface area contributed by atoms with Gasteiger partial charge in [0.25, 0.3) is 11.8 Å². The molecule has 0 bridgehead atoms. The van der Waals surface area contributed by atoms with Crippen molar-refractivity contribution in [1.29, 1.82) is 0 Å². The second-order valence-corrected chi connectivity index (χ2v) is 12.0. The van der Waals surface area contributed by atoms with Gasteiger partial charge in [0.15, 0.2) is 18.0 Å². The van der Waals surface area contributed by atoms with Crippen molar-refractivity contribution in [3.63, 3.8) is 0 Å². The highest BCUT2D eigenvalue weighted by atomic mass is 16.6. The standard InChI is InChI=1S/C35H33N5O8/c36-32(42)29(24-16-21-7-1-2-8-22(21)17-24)39-33(43)26(14-19-12-13-28(41)27(15-19)40(46)47)38-35(45)31-30(48-31)34(44)37-18-23-10-5-9-20-6-3-4-11-25(20)23/h1-13,15,24,26,29-31,41H,14,16-18H2,(H2,36,42)(H,37,44)(H,38,45)(H,39,43)/t26-,29-,30+,31?/m1/s1. The minimum atomic E-state index is -1.34. The number of hydrogen-bond acceptors (Lipinski definition) is 8. The third kappa shape index (κ3) is 6.95. The van der Waals surface area contributed by atoms with E-state index >= 15 is 0 Å². The Morgan fingerprint density at radius 1 is 0.896 bits per heavy atom. The number of nitrogens with one attached hydrogen (secondary N) is 3. The summed E-state index contributed by atoms with van der Waals surface area (Å²) in [5.41, 5.74) is 8.37. The zero-order valence-corrected chi connectivity index (χ0v) is 25.6. The molecule has 6 rings (SSSR count). The molecule has 0 saturated carbocycles. The maximum atomic E-state index is 13.7. The van der Waals surface area contributed by atoms with Crippen LogP contribution in [0.25, 0.3) is 10.8 Å². The first-order valence-electron chi connectivity index (χ1n) is 15.4. The van der Waals surface area contributed by atoms with Crippen LogP contribution in [0.15, 0.2) is 84.9 Å². The molecule has 2 aliphatic rings. The third-order valence-electron chi connectivity index (χ3n) is 8.81. The number of ether oxygens (including phenoxy) is 1. The van der Waals surface area contributed by atoms with Crippen molar-refractivity contribution >= 4 is 40.1 Å². The van der Waals surface area contributed by atoms with E-state index in [2.05, 4.69) is 16.0 Å². The minimum Gasteiger partial charge on any atom is -0.502 e. The monoisotopic (exact) mass is 651 g/mol. The fraction of sp³-hybridized carbons (Fsp3) is 0.257. The molecule has 13 nitrogen and oxygen atoms in total. The van der Waals surface area contributed by atoms with Crippen LogP contribution in [-0.4, -0.2) is 58.0 Å². The van der Waals surface area contributed by atoms with Gasteiger partial charge in [-0.2, -0.15) is 0 Å². The Morgan fingerprint density at radius 3 is 2.27 bits per heavy atom. The molecule has 6 N–H and O–H groups in total. The maximum Gasteiger partial charge on any atom is 0.310 e. The number of nitrogens with zero attached hydrogens (tertiary/aromatic N) is 1. The summed E-state index contributed by atoms with van der Waals surface area (Å²) in [4.78, 5) is 63.1. The van der Waals surface area contributed by atoms with Crippen molar-refractivity contribution in [1.82, 2.24) is 16.0 Å². The highest BCUT2D eigenvalue weighted by Crippen LogP contribution is 2.30. The van der Waals surface area contributed by atoms with Crippen LogP contribution in [0.3, 0.4) is 0 Å². The van der Waals surface area contributed by atoms with Crippen molar-refractivity contribution in [3.8, 4) is 5.75 Å². The van der Waals surface area contributed by atoms with E-state index in [1.165, 1.54) is 6.07 Å². The summed E-state index contributed by atoms with van der Waals surface area (Å²) in [7, 11) is 0. The van der Waals surface area contributed by atoms with Crippen molar-refractivity contribution in [2.24, 2.45) is 11.7 Å². The molecule has 4 atom stereocenters. The average molecular weight is 652 g/mol. The number of phenolic OH excluding ortho intramolecular Hbond substituents is 1. The fourth-order valence-electron chi connectivity index (χ4n) is 6.29. The van der Waals surface area contributed by atoms with Crippen LogP contribution < -0.4 is 21.7 Å². The number of benzene rings is 4. The molecule has 1 saturated heterocycles. The molecule has 13 heteroatoms. The number of hydrogen-bond donors (Lipinski definition) is 5. The van der Waals surface area contributed by atoms with E-state index in [9.17, 15) is 34.4 Å². The van der Waals surface area contributed by atoms with E-state index in [0.717, 1.165) is 39.6 Å². The number of carbonyl (C=O) groups excluding carboxylic acids is 4. The lowest BCUT2D eigenvalue weighted by molar-refractivity contribution is -0.385. The first kappa shape index (κ1) is 32.1. The largest absolute Gasteiger partial charge is 0.502 e. The molecule has 1 unspecified atom stereocenters. The zero-order chi connectivity index (χ0) is 33.9. The zero-order valence-electron chi connectivity index (χ0n) is 25.6. The molecule has 4 aromatic carbocycles. The van der Waals surface area contributed by atoms with Gasteiger partial charge in [-0.1, -0.05) is 72.8 Å². The van der Waals surface area contributed by atoms with E-state index in [4.69, 9.17) is 10.5 Å². The Labute approximate surface area is 274 Å². The molecule has 1 aliphatic carbocycles. The average Bonchev–Trinajstić information content (AvgIpc) is 3.77. The lowest BCUT2D eigenvalue weighted by Crippen LogP contribution is -2.56. The van der Waals surface area contributed by atoms with Gasteiger partial charge >= 0.3 is 5.69 Å². The van der Waals surface area contributed by atoms with Gasteiger partial charge < -0.3 is 31.5 Å². The summed E-state index contributed by atoms with van der Waals surface area (Å²) in [6, 6.07) is 22.3. The van der Waals surface area contributed by atoms with Gasteiger partial charge in [-0.25, -0.2) is 0 Å². The van der Waals surface area contributed by atoms with Crippen molar-refractivity contribution in [3.05, 3.63) is 117 Å². The normalized spacial score (nSPS) is 17.9. The Bertz CT molecular complexity index is 1900. The molecule has 48 heavy (non-hydrogen) atoms. The second kappa shape index (κ2) is 13.5. The van der Waals surface area contributed by atoms with Gasteiger partial charge in [0.05, 0.1) is 4.92 Å². The lowest BCUT2D eigenvalue weighted by atomic mass is 9.95. The molecule has 0 radical (unpaired) electrons. The number of nitrogens with two attached hydrogens (primary N) is 1. The molecule has 246 valence electrons. The van der Waals surface area contributed by atoms with Gasteiger partial charge in [-0.15, -0.1) is 0 Å². The molecule has 0 aromatic heterocycles. The van der Waals surface area contributed by atoms with Crippen LogP contribution in [0, 0.1) is 16.0 Å². The summed E-state index contributed by atoms with van der Waals surface area (Å²) in [6.45, 7) is 0.207. The van der Waals surface area contributed by atoms with Crippen LogP contribution in [0.4, 0.5) is 5.69 Å². The van der Waals surface area contributed by atoms with Crippen LogP contribution >= 0.6 is 0 Å². The van der Waals surface area contributed by atoms with Crippen LogP contribution in [-0.2, 0) is 49.7 Å². The van der Waals surface area contributed by atoms with Gasteiger partial charge in [-0.3, -0.25) is 29.3 Å². The number of fused-ring (bicyclic) bond motifs is 2. The first-order chi connectivity index (χ1) is 23.1. The number of rotatable bonds is 12. The van der Waals surface area contributed by atoms with E-state index in [1.54, 1.807) is 0 Å². The molecule has 4 aromatic rings. The molecular formula is C35H33N5O8. The first-order valence-corrected chi connectivity index (χ1v) is 15.4. The smallest absolute Gasteiger partial charge is 0.310 e. The SMILES string of the molecule is NC(=O)[C@H](NC(=O)[C@@H](Cc1ccc(O)c([N+](=O)[O-])c1)NC(=O)C1O[C@@H]1C(=O)NCc1cccc2ccccc12)C1Cc2ccccc2C1. The molecule has 1 aliphatic heterocycles. The van der Waals surface area contributed by atoms with Crippen molar-refractivity contribution < 1.29 is 33.9 Å². The number of aromatic hydroxyl groups is 1. The van der Waals surface area contributed by atoms with E-state index in [0.29, 0.717) is 12.8 Å². The molecule has 4 amide bonds. The summed E-state index contributed by atoms with van der Waals surface area (Å²) >= 11 is 0. The summed E-state index contributed by atoms with van der Waals surface area (Å²) in [5, 5.41) is 31.4. The van der Waals surface area contributed by atoms with E-state index < -0.39 is 64.3 Å². The number of primary amides is 1. The van der Waals surface area contributed by atoms with Gasteiger partial charge in [0, 0.05) is 19.0 Å². The number of epoxide rings is 1. The maximum absolute atomic E-state index is 13.7. The van der Waals surface area contributed by atoms with E-state index in [1.807, 2.05) is 66.7 Å². The summed E-state index contributed by atoms with van der Waals surface area (Å²) in [5.74, 6) is -3.65. The highest BCUT2D eigenvalue weighted by molar-refractivity contribution is 5.98. The predicted octanol–water partition coefficient (Wildman–Crippen LogP) is 1.95. The molecule has 1 heterocycles. The number of nitro benzene ring substituents is 1. The second-order valence-electron chi connectivity index (χ2n) is 12.0. The van der Waals surface area contributed by atoms with Crippen LogP contribution in [0.1, 0.15) is 22.3 Å². The van der Waals surface area contributed by atoms with Crippen LogP contribution in [0.2, 0.25) is 0 Å². The Morgan fingerprint density at radius 2 is 1.56 bits per heavy atom. The van der Waals surface area contributed by atoms with Crippen molar-refractivity contribution in [2.45, 2.75) is 50.1 Å². The lowest BCUT2D eigenvalue weighted by Gasteiger charge is -2.25. The van der Waals surface area contributed by atoms with Gasteiger partial charge in [0.2, 0.25) is 11.8 Å². The van der Waals surface area contributed by atoms with Crippen LogP contribution in [0.5, 0.6) is 5.75 Å². The number of amides is 4. The van der Waals surface area contributed by atoms with E-state index in [-0.39, 0.29) is 24.4 Å². The summed E-state index contributed by atoms with van der Waals surface area (Å²) < 4.78 is 5.40. The highest BCUT2D eigenvalue weighted by Gasteiger charge is 2.51. The third-order valence-corrected chi connectivity index (χ3v) is 8.81.